The number of fused-ring (bicyclic) bond motifs is 2. The Balaban J connectivity index is 1.08. The zero-order chi connectivity index (χ0) is 42.1. The molecular formula is C41H42N6O12. The quantitative estimate of drug-likeness (QED) is 0.0264. The highest BCUT2D eigenvalue weighted by Gasteiger charge is 2.21. The minimum atomic E-state index is -1.39. The highest BCUT2D eigenvalue weighted by Crippen LogP contribution is 2.30. The van der Waals surface area contributed by atoms with Crippen LogP contribution in [-0.2, 0) is 48.6 Å². The molecule has 59 heavy (non-hydrogen) atoms. The molecule has 0 saturated heterocycles. The lowest BCUT2D eigenvalue weighted by Gasteiger charge is -2.16. The van der Waals surface area contributed by atoms with Crippen molar-refractivity contribution in [2.75, 3.05) is 26.4 Å². The van der Waals surface area contributed by atoms with E-state index in [-0.39, 0.29) is 18.8 Å². The number of carbonyl (C=O) groups excluding carboxylic acids is 2. The van der Waals surface area contributed by atoms with E-state index in [9.17, 15) is 29.8 Å². The molecule has 0 aliphatic carbocycles. The zero-order valence-corrected chi connectivity index (χ0v) is 32.8. The molecule has 0 N–H and O–H groups in total. The van der Waals surface area contributed by atoms with E-state index in [1.165, 1.54) is 6.92 Å². The van der Waals surface area contributed by atoms with Crippen molar-refractivity contribution in [1.29, 1.82) is 0 Å². The van der Waals surface area contributed by atoms with Crippen molar-refractivity contribution >= 4 is 34.2 Å². The summed E-state index contributed by atoms with van der Waals surface area (Å²) in [5.74, 6) is 1.14. The molecule has 6 aromatic rings. The van der Waals surface area contributed by atoms with Gasteiger partial charge in [-0.25, -0.2) is 19.6 Å². The van der Waals surface area contributed by atoms with Gasteiger partial charge in [-0.05, 0) is 65.9 Å². The highest BCUT2D eigenvalue weighted by molar-refractivity contribution is 5.97. The van der Waals surface area contributed by atoms with Crippen LogP contribution in [0.4, 0.5) is 4.79 Å². The first-order valence-corrected chi connectivity index (χ1v) is 18.7. The fourth-order valence-corrected chi connectivity index (χ4v) is 6.69. The van der Waals surface area contributed by atoms with E-state index < -0.39 is 47.9 Å². The molecule has 0 radical (unpaired) electrons. The summed E-state index contributed by atoms with van der Waals surface area (Å²) in [6.07, 6.45) is -2.13. The normalized spacial score (nSPS) is 12.2. The summed E-state index contributed by atoms with van der Waals surface area (Å²) in [6, 6.07) is 27.2. The highest BCUT2D eigenvalue weighted by atomic mass is 17.0. The number of esters is 1. The Kier molecular flexibility index (Phi) is 13.3. The summed E-state index contributed by atoms with van der Waals surface area (Å²) < 4.78 is 24.8. The maximum absolute atomic E-state index is 13.3. The van der Waals surface area contributed by atoms with E-state index in [1.54, 1.807) is 24.3 Å². The van der Waals surface area contributed by atoms with Crippen molar-refractivity contribution in [2.24, 2.45) is 7.05 Å². The maximum atomic E-state index is 13.3. The predicted octanol–water partition coefficient (Wildman–Crippen LogP) is 7.02. The number of para-hydroxylation sites is 1. The van der Waals surface area contributed by atoms with Gasteiger partial charge in [0.25, 0.3) is 10.2 Å². The zero-order valence-electron chi connectivity index (χ0n) is 32.8. The van der Waals surface area contributed by atoms with Crippen LogP contribution < -0.4 is 0 Å². The van der Waals surface area contributed by atoms with Crippen LogP contribution in [0.2, 0.25) is 0 Å². The van der Waals surface area contributed by atoms with Gasteiger partial charge in [-0.3, -0.25) is 0 Å². The summed E-state index contributed by atoms with van der Waals surface area (Å²) in [5.41, 5.74) is 8.81. The SMILES string of the molecule is CCCc1nc2ccc(-c3nc4cccc(C)c4n3C)cc2n1Cc1ccc(-c2ccccc2C(=O)OC(C)OC(=O)OCCOC[C@H](CO[N+](=O)[O-])O[N+](=O)[O-])cc1. The third kappa shape index (κ3) is 10.3. The van der Waals surface area contributed by atoms with E-state index in [0.717, 1.165) is 68.8 Å². The van der Waals surface area contributed by atoms with Crippen molar-refractivity contribution in [3.05, 3.63) is 128 Å². The Bertz CT molecular complexity index is 2460. The Morgan fingerprint density at radius 1 is 0.847 bits per heavy atom. The van der Waals surface area contributed by atoms with Gasteiger partial charge >= 0.3 is 12.1 Å². The summed E-state index contributed by atoms with van der Waals surface area (Å²) in [4.78, 5) is 64.6. The largest absolute Gasteiger partial charge is 0.511 e. The van der Waals surface area contributed by atoms with Gasteiger partial charge in [0.15, 0.2) is 6.10 Å². The molecule has 6 rings (SSSR count). The number of rotatable bonds is 19. The van der Waals surface area contributed by atoms with E-state index in [2.05, 4.69) is 56.9 Å². The Morgan fingerprint density at radius 3 is 2.34 bits per heavy atom. The molecule has 2 heterocycles. The van der Waals surface area contributed by atoms with Gasteiger partial charge in [0.1, 0.15) is 24.9 Å². The number of ether oxygens (including phenoxy) is 4. The van der Waals surface area contributed by atoms with Gasteiger partial charge in [0.05, 0.1) is 40.8 Å². The number of aromatic nitrogens is 4. The summed E-state index contributed by atoms with van der Waals surface area (Å²) in [7, 11) is 2.04. The standard InChI is InChI=1S/C41H42N6O12/c1-5-9-37-42-34-19-18-30(39-43-35-13-8-10-26(2)38(35)44(39)4)22-36(34)45(37)23-28-14-16-29(17-15-28)32-11-6-7-12-33(32)40(48)57-27(3)58-41(49)55-21-20-54-24-31(59-47(52)53)25-56-46(50)51/h6-8,10-19,22,27,31H,5,9,20-21,23-25H2,1-4H3/t27?,31-/m1/s1. The van der Waals surface area contributed by atoms with Crippen LogP contribution in [-0.4, -0.2) is 80.2 Å². The molecule has 0 fully saturated rings. The van der Waals surface area contributed by atoms with Crippen LogP contribution in [0, 0.1) is 27.2 Å². The van der Waals surface area contributed by atoms with Crippen LogP contribution in [0.1, 0.15) is 47.6 Å². The van der Waals surface area contributed by atoms with Gasteiger partial charge in [-0.15, -0.1) is 20.2 Å². The predicted molar refractivity (Wildman–Crippen MR) is 212 cm³/mol. The van der Waals surface area contributed by atoms with E-state index in [4.69, 9.17) is 28.9 Å². The first kappa shape index (κ1) is 41.6. The first-order valence-electron chi connectivity index (χ1n) is 18.7. The average molecular weight is 811 g/mol. The number of benzene rings is 4. The monoisotopic (exact) mass is 810 g/mol. The van der Waals surface area contributed by atoms with Crippen molar-refractivity contribution in [1.82, 2.24) is 19.1 Å². The minimum Gasteiger partial charge on any atom is -0.432 e. The molecule has 2 atom stereocenters. The molecule has 4 aromatic carbocycles. The number of aryl methyl sites for hydroxylation is 3. The topological polar surface area (TPSA) is 211 Å². The lowest BCUT2D eigenvalue weighted by Crippen LogP contribution is -2.30. The van der Waals surface area contributed by atoms with Gasteiger partial charge in [-0.1, -0.05) is 61.5 Å². The molecule has 0 spiro atoms. The van der Waals surface area contributed by atoms with Gasteiger partial charge in [0, 0.05) is 32.5 Å². The van der Waals surface area contributed by atoms with Gasteiger partial charge in [0.2, 0.25) is 6.29 Å². The maximum Gasteiger partial charge on any atom is 0.511 e. The first-order chi connectivity index (χ1) is 28.4. The lowest BCUT2D eigenvalue weighted by atomic mass is 9.98. The van der Waals surface area contributed by atoms with E-state index in [1.807, 2.05) is 43.4 Å². The van der Waals surface area contributed by atoms with E-state index >= 15 is 0 Å². The van der Waals surface area contributed by atoms with Crippen LogP contribution in [0.15, 0.2) is 84.9 Å². The molecule has 308 valence electrons. The second-order valence-corrected chi connectivity index (χ2v) is 13.5. The van der Waals surface area contributed by atoms with E-state index in [0.29, 0.717) is 12.1 Å². The van der Waals surface area contributed by atoms with Crippen LogP contribution in [0.25, 0.3) is 44.6 Å². The molecular weight excluding hydrogens is 768 g/mol. The Labute approximate surface area is 337 Å². The summed E-state index contributed by atoms with van der Waals surface area (Å²) in [6.45, 7) is 4.33. The third-order valence-corrected chi connectivity index (χ3v) is 9.30. The van der Waals surface area contributed by atoms with Crippen molar-refractivity contribution < 1.29 is 48.4 Å². The average Bonchev–Trinajstić information content (AvgIpc) is 3.73. The molecule has 0 bridgehead atoms. The van der Waals surface area contributed by atoms with Crippen LogP contribution in [0.3, 0.4) is 0 Å². The van der Waals surface area contributed by atoms with Gasteiger partial charge < -0.3 is 37.8 Å². The molecule has 0 amide bonds. The molecule has 0 saturated carbocycles. The van der Waals surface area contributed by atoms with Crippen LogP contribution >= 0.6 is 0 Å². The van der Waals surface area contributed by atoms with Crippen molar-refractivity contribution in [3.8, 4) is 22.5 Å². The Hall–Kier alpha value is -7.08. The van der Waals surface area contributed by atoms with Crippen LogP contribution in [0.5, 0.6) is 0 Å². The lowest BCUT2D eigenvalue weighted by molar-refractivity contribution is -0.790. The number of carbonyl (C=O) groups is 2. The van der Waals surface area contributed by atoms with Crippen molar-refractivity contribution in [3.63, 3.8) is 0 Å². The number of hydrogen-bond acceptors (Lipinski definition) is 14. The second-order valence-electron chi connectivity index (χ2n) is 13.5. The number of imidazole rings is 2. The van der Waals surface area contributed by atoms with Gasteiger partial charge in [-0.2, -0.15) is 0 Å². The smallest absolute Gasteiger partial charge is 0.432 e. The fraction of sp³-hybridized carbons (Fsp3) is 0.317. The summed E-state index contributed by atoms with van der Waals surface area (Å²) >= 11 is 0. The molecule has 18 nitrogen and oxygen atoms in total. The summed E-state index contributed by atoms with van der Waals surface area (Å²) in [5, 5.41) is 18.6. The molecule has 18 heteroatoms. The Morgan fingerprint density at radius 2 is 1.61 bits per heavy atom. The molecule has 2 aromatic heterocycles. The molecule has 0 aliphatic heterocycles. The number of nitrogens with zero attached hydrogens (tertiary/aromatic N) is 6. The second kappa shape index (κ2) is 18.9. The minimum absolute atomic E-state index is 0.250. The molecule has 0 aliphatic rings. The molecule has 1 unspecified atom stereocenters. The number of hydrogen-bond donors (Lipinski definition) is 0. The van der Waals surface area contributed by atoms with Crippen molar-refractivity contribution in [2.45, 2.75) is 52.6 Å². The third-order valence-electron chi connectivity index (χ3n) is 9.30. The fourth-order valence-electron chi connectivity index (χ4n) is 6.69.